The molecule has 2 aromatic carbocycles. The number of hydrogen-bond acceptors (Lipinski definition) is 2. The van der Waals surface area contributed by atoms with Crippen molar-refractivity contribution in [2.75, 3.05) is 14.2 Å². The fourth-order valence-electron chi connectivity index (χ4n) is 2.88. The number of hydrogen-bond donors (Lipinski definition) is 0. The van der Waals surface area contributed by atoms with Crippen molar-refractivity contribution in [2.45, 2.75) is 35.1 Å². The average Bonchev–Trinajstić information content (AvgIpc) is 2.37. The highest BCUT2D eigenvalue weighted by Gasteiger charge is 2.10. The van der Waals surface area contributed by atoms with Crippen LogP contribution in [-0.2, 0) is 0 Å². The van der Waals surface area contributed by atoms with Gasteiger partial charge in [-0.1, -0.05) is 7.43 Å². The van der Waals surface area contributed by atoms with E-state index in [0.29, 0.717) is 0 Å². The molecule has 0 bridgehead atoms. The Morgan fingerprint density at radius 1 is 0.571 bits per heavy atom. The summed E-state index contributed by atoms with van der Waals surface area (Å²) in [6, 6.07) is 8.69. The van der Waals surface area contributed by atoms with Gasteiger partial charge in [0, 0.05) is 0 Å². The molecule has 2 rings (SSSR count). The van der Waals surface area contributed by atoms with Crippen LogP contribution in [-0.4, -0.2) is 14.2 Å². The van der Waals surface area contributed by atoms with E-state index in [1.165, 1.54) is 11.1 Å². The molecule has 0 aromatic heterocycles. The molecule has 0 aliphatic heterocycles. The first-order chi connectivity index (χ1) is 9.47. The summed E-state index contributed by atoms with van der Waals surface area (Å²) in [5.41, 5.74) is 7.08. The van der Waals surface area contributed by atoms with Gasteiger partial charge in [0.05, 0.1) is 14.2 Å². The van der Waals surface area contributed by atoms with Crippen LogP contribution in [0.5, 0.6) is 11.5 Å². The van der Waals surface area contributed by atoms with Gasteiger partial charge in [-0.2, -0.15) is 0 Å². The van der Waals surface area contributed by atoms with E-state index in [9.17, 15) is 0 Å². The molecule has 0 amide bonds. The summed E-state index contributed by atoms with van der Waals surface area (Å²) in [5.74, 6) is 1.94. The second-order valence-electron chi connectivity index (χ2n) is 5.29. The summed E-state index contributed by atoms with van der Waals surface area (Å²) < 4.78 is 10.9. The van der Waals surface area contributed by atoms with Crippen LogP contribution in [0, 0.1) is 27.7 Å². The normalized spacial score (nSPS) is 10.0. The van der Waals surface area contributed by atoms with Crippen molar-refractivity contribution < 1.29 is 9.47 Å². The summed E-state index contributed by atoms with van der Waals surface area (Å²) in [4.78, 5) is 0. The lowest BCUT2D eigenvalue weighted by Crippen LogP contribution is -1.94. The quantitative estimate of drug-likeness (QED) is 0.768. The highest BCUT2D eigenvalue weighted by Crippen LogP contribution is 2.33. The van der Waals surface area contributed by atoms with Gasteiger partial charge < -0.3 is 9.47 Å². The topological polar surface area (TPSA) is 18.5 Å². The molecule has 0 unspecified atom stereocenters. The van der Waals surface area contributed by atoms with E-state index in [4.69, 9.17) is 9.47 Å². The molecular formula is C19H26O2. The van der Waals surface area contributed by atoms with Gasteiger partial charge in [0.15, 0.2) is 0 Å². The molecule has 0 aliphatic carbocycles. The lowest BCUT2D eigenvalue weighted by molar-refractivity contribution is 0.408. The fraction of sp³-hybridized carbons (Fsp3) is 0.368. The lowest BCUT2D eigenvalue weighted by atomic mass is 9.96. The number of rotatable bonds is 3. The van der Waals surface area contributed by atoms with Crippen LogP contribution < -0.4 is 9.47 Å². The molecule has 0 atom stereocenters. The molecule has 0 spiro atoms. The molecule has 0 saturated carbocycles. The Hall–Kier alpha value is -1.96. The third-order valence-electron chi connectivity index (χ3n) is 3.66. The zero-order valence-electron chi connectivity index (χ0n) is 13.1. The number of methoxy groups -OCH3 is 2. The van der Waals surface area contributed by atoms with Crippen LogP contribution in [0.4, 0.5) is 0 Å². The molecule has 114 valence electrons. The van der Waals surface area contributed by atoms with Gasteiger partial charge in [-0.3, -0.25) is 0 Å². The Labute approximate surface area is 128 Å². The highest BCUT2D eigenvalue weighted by molar-refractivity contribution is 5.70. The highest BCUT2D eigenvalue weighted by atomic mass is 16.5. The van der Waals surface area contributed by atoms with Crippen molar-refractivity contribution in [1.29, 1.82) is 0 Å². The van der Waals surface area contributed by atoms with E-state index in [-0.39, 0.29) is 7.43 Å². The van der Waals surface area contributed by atoms with Crippen LogP contribution in [0.25, 0.3) is 11.1 Å². The Balaban J connectivity index is 0.00000220. The van der Waals surface area contributed by atoms with Crippen molar-refractivity contribution in [3.8, 4) is 22.6 Å². The van der Waals surface area contributed by atoms with Gasteiger partial charge in [0.1, 0.15) is 11.5 Å². The van der Waals surface area contributed by atoms with Crippen LogP contribution in [0.1, 0.15) is 29.7 Å². The van der Waals surface area contributed by atoms with Crippen molar-refractivity contribution in [1.82, 2.24) is 0 Å². The first-order valence-corrected chi connectivity index (χ1v) is 6.78. The molecule has 0 saturated heterocycles. The Kier molecular flexibility index (Phi) is 5.42. The molecule has 0 heterocycles. The summed E-state index contributed by atoms with van der Waals surface area (Å²) in [6.45, 7) is 8.33. The number of benzene rings is 2. The minimum atomic E-state index is 0. The van der Waals surface area contributed by atoms with Crippen LogP contribution in [0.3, 0.4) is 0 Å². The molecule has 2 heteroatoms. The maximum Gasteiger partial charge on any atom is 0.124 e. The van der Waals surface area contributed by atoms with Gasteiger partial charge in [-0.15, -0.1) is 0 Å². The summed E-state index contributed by atoms with van der Waals surface area (Å²) in [6.07, 6.45) is 0. The standard InChI is InChI=1S/C18H22O2.CH4/c1-11-7-15(8-12(2)17(11)19-5)16-9-13(3)18(20-6)14(4)10-16;/h7-10H,1-6H3;1H4. The maximum atomic E-state index is 5.43. The second kappa shape index (κ2) is 6.66. The van der Waals surface area contributed by atoms with E-state index in [2.05, 4.69) is 52.0 Å². The van der Waals surface area contributed by atoms with Gasteiger partial charge in [0.2, 0.25) is 0 Å². The Morgan fingerprint density at radius 2 is 0.810 bits per heavy atom. The largest absolute Gasteiger partial charge is 0.496 e. The van der Waals surface area contributed by atoms with Crippen molar-refractivity contribution in [2.24, 2.45) is 0 Å². The molecule has 0 N–H and O–H groups in total. The summed E-state index contributed by atoms with van der Waals surface area (Å²) in [5, 5.41) is 0. The number of aryl methyl sites for hydroxylation is 4. The van der Waals surface area contributed by atoms with E-state index in [1.54, 1.807) is 14.2 Å². The Bertz CT molecular complexity index is 538. The molecule has 0 fully saturated rings. The van der Waals surface area contributed by atoms with E-state index < -0.39 is 0 Å². The summed E-state index contributed by atoms with van der Waals surface area (Å²) in [7, 11) is 3.44. The third kappa shape index (κ3) is 3.21. The molecule has 21 heavy (non-hydrogen) atoms. The lowest BCUT2D eigenvalue weighted by Gasteiger charge is -2.14. The predicted molar refractivity (Wildman–Crippen MR) is 90.7 cm³/mol. The minimum Gasteiger partial charge on any atom is -0.496 e. The van der Waals surface area contributed by atoms with Crippen molar-refractivity contribution in [3.63, 3.8) is 0 Å². The number of ether oxygens (including phenoxy) is 2. The molecule has 2 nitrogen and oxygen atoms in total. The first-order valence-electron chi connectivity index (χ1n) is 6.78. The van der Waals surface area contributed by atoms with Gasteiger partial charge in [0.25, 0.3) is 0 Å². The van der Waals surface area contributed by atoms with Gasteiger partial charge in [-0.05, 0) is 85.3 Å². The van der Waals surface area contributed by atoms with Crippen LogP contribution in [0.15, 0.2) is 24.3 Å². The predicted octanol–water partition coefficient (Wildman–Crippen LogP) is 5.24. The zero-order chi connectivity index (χ0) is 14.9. The molecule has 2 aromatic rings. The first kappa shape index (κ1) is 17.1. The summed E-state index contributed by atoms with van der Waals surface area (Å²) >= 11 is 0. The van der Waals surface area contributed by atoms with Crippen molar-refractivity contribution in [3.05, 3.63) is 46.5 Å². The zero-order valence-corrected chi connectivity index (χ0v) is 13.1. The molecular weight excluding hydrogens is 260 g/mol. The Morgan fingerprint density at radius 3 is 1.00 bits per heavy atom. The van der Waals surface area contributed by atoms with Gasteiger partial charge >= 0.3 is 0 Å². The molecule has 0 radical (unpaired) electrons. The maximum absolute atomic E-state index is 5.43. The third-order valence-corrected chi connectivity index (χ3v) is 3.66. The average molecular weight is 286 g/mol. The van der Waals surface area contributed by atoms with E-state index in [1.807, 2.05) is 0 Å². The SMILES string of the molecule is C.COc1c(C)cc(-c2cc(C)c(OC)c(C)c2)cc1C. The second-order valence-corrected chi connectivity index (χ2v) is 5.29. The van der Waals surface area contributed by atoms with Crippen LogP contribution >= 0.6 is 0 Å². The molecule has 0 aliphatic rings. The monoisotopic (exact) mass is 286 g/mol. The van der Waals surface area contributed by atoms with Crippen molar-refractivity contribution >= 4 is 0 Å². The minimum absolute atomic E-state index is 0. The van der Waals surface area contributed by atoms with Gasteiger partial charge in [-0.25, -0.2) is 0 Å². The van der Waals surface area contributed by atoms with E-state index in [0.717, 1.165) is 33.8 Å². The smallest absolute Gasteiger partial charge is 0.124 e. The van der Waals surface area contributed by atoms with Crippen LogP contribution in [0.2, 0.25) is 0 Å². The fourth-order valence-corrected chi connectivity index (χ4v) is 2.88. The van der Waals surface area contributed by atoms with E-state index >= 15 is 0 Å².